The summed E-state index contributed by atoms with van der Waals surface area (Å²) in [6.45, 7) is 6.08. The Morgan fingerprint density at radius 3 is 2.26 bits per heavy atom. The van der Waals surface area contributed by atoms with Crippen molar-refractivity contribution in [2.24, 2.45) is 0 Å². The molecule has 0 saturated heterocycles. The Morgan fingerprint density at radius 2 is 1.65 bits per heavy atom. The van der Waals surface area contributed by atoms with E-state index in [9.17, 15) is 17.6 Å². The lowest BCUT2D eigenvalue weighted by molar-refractivity contribution is 0.185. The van der Waals surface area contributed by atoms with Gasteiger partial charge >= 0.3 is 0 Å². The first-order valence-electron chi connectivity index (χ1n) is 10.7. The average Bonchev–Trinajstić information content (AvgIpc) is 2.83. The summed E-state index contributed by atoms with van der Waals surface area (Å²) >= 11 is 0. The summed E-state index contributed by atoms with van der Waals surface area (Å²) in [4.78, 5) is 0. The van der Waals surface area contributed by atoms with Gasteiger partial charge in [-0.1, -0.05) is 44.2 Å². The molecule has 0 heterocycles. The number of benzene rings is 2. The van der Waals surface area contributed by atoms with Crippen molar-refractivity contribution >= 4 is 5.57 Å². The van der Waals surface area contributed by atoms with E-state index >= 15 is 8.78 Å². The lowest BCUT2D eigenvalue weighted by Gasteiger charge is -2.30. The summed E-state index contributed by atoms with van der Waals surface area (Å²) in [6.07, 6.45) is -2.77. The third kappa shape index (κ3) is 4.45. The SMILES string of the molecule is C=C(OC)C(F)=C1/C(=C\C)c2ccc(OCc3ccc(CCC)c(F)c3F)c(F)c2C(F)C1F. The van der Waals surface area contributed by atoms with Crippen LogP contribution in [0, 0.1) is 17.5 Å². The Hall–Kier alpha value is -3.16. The molecule has 8 heteroatoms. The highest BCUT2D eigenvalue weighted by molar-refractivity contribution is 5.85. The van der Waals surface area contributed by atoms with Gasteiger partial charge in [-0.3, -0.25) is 0 Å². The van der Waals surface area contributed by atoms with Crippen LogP contribution in [-0.2, 0) is 17.8 Å². The van der Waals surface area contributed by atoms with Gasteiger partial charge in [0.15, 0.2) is 41.4 Å². The summed E-state index contributed by atoms with van der Waals surface area (Å²) in [5.41, 5.74) is -1.35. The van der Waals surface area contributed by atoms with Gasteiger partial charge in [-0.2, -0.15) is 0 Å². The van der Waals surface area contributed by atoms with Gasteiger partial charge in [0.05, 0.1) is 7.11 Å². The molecular weight excluding hydrogens is 458 g/mol. The third-order valence-corrected chi connectivity index (χ3v) is 5.69. The number of methoxy groups -OCH3 is 1. The minimum Gasteiger partial charge on any atom is -0.494 e. The van der Waals surface area contributed by atoms with E-state index in [2.05, 4.69) is 6.58 Å². The molecule has 2 atom stereocenters. The van der Waals surface area contributed by atoms with Crippen molar-refractivity contribution in [2.75, 3.05) is 7.11 Å². The van der Waals surface area contributed by atoms with Crippen molar-refractivity contribution < 1.29 is 35.8 Å². The van der Waals surface area contributed by atoms with Gasteiger partial charge in [-0.05, 0) is 36.1 Å². The molecule has 2 aromatic rings. The second kappa shape index (κ2) is 10.4. The fourth-order valence-corrected chi connectivity index (χ4v) is 3.92. The molecule has 0 radical (unpaired) electrons. The molecule has 2 nitrogen and oxygen atoms in total. The standard InChI is InChI=1S/C26H24F6O2/c1-5-7-14-8-9-15(23(29)22(14)28)12-34-18-11-10-17-16(6-2)19(21(27)13(3)33-4)25(31)26(32)20(17)24(18)30/h6,8-11,25-26H,3,5,7,12H2,1-2,4H3/b16-6-,21-19?. The van der Waals surface area contributed by atoms with E-state index in [0.717, 1.165) is 13.2 Å². The second-order valence-corrected chi connectivity index (χ2v) is 7.75. The van der Waals surface area contributed by atoms with Gasteiger partial charge in [0, 0.05) is 16.7 Å². The first-order valence-corrected chi connectivity index (χ1v) is 10.7. The van der Waals surface area contributed by atoms with Crippen LogP contribution in [0.2, 0.25) is 0 Å². The van der Waals surface area contributed by atoms with E-state index in [4.69, 9.17) is 9.47 Å². The fourth-order valence-electron chi connectivity index (χ4n) is 3.92. The Kier molecular flexibility index (Phi) is 7.79. The van der Waals surface area contributed by atoms with Crippen molar-refractivity contribution in [3.8, 4) is 5.75 Å². The van der Waals surface area contributed by atoms with Gasteiger partial charge in [0.1, 0.15) is 12.4 Å². The highest BCUT2D eigenvalue weighted by Crippen LogP contribution is 2.49. The maximum atomic E-state index is 15.2. The van der Waals surface area contributed by atoms with Crippen LogP contribution in [0.15, 0.2) is 54.1 Å². The molecule has 0 saturated carbocycles. The number of halogens is 6. The summed E-state index contributed by atoms with van der Waals surface area (Å²) in [5, 5.41) is 0. The molecule has 0 spiro atoms. The van der Waals surface area contributed by atoms with Crippen LogP contribution < -0.4 is 4.74 Å². The molecule has 34 heavy (non-hydrogen) atoms. The van der Waals surface area contributed by atoms with Crippen LogP contribution in [-0.4, -0.2) is 13.3 Å². The minimum absolute atomic E-state index is 0.0582. The first kappa shape index (κ1) is 25.5. The molecule has 0 amide bonds. The topological polar surface area (TPSA) is 18.5 Å². The molecule has 1 aliphatic carbocycles. The zero-order chi connectivity index (χ0) is 25.2. The normalized spacial score (nSPS) is 20.2. The number of aryl methyl sites for hydroxylation is 1. The highest BCUT2D eigenvalue weighted by atomic mass is 19.2. The van der Waals surface area contributed by atoms with Gasteiger partial charge in [0.2, 0.25) is 0 Å². The molecule has 0 N–H and O–H groups in total. The van der Waals surface area contributed by atoms with Gasteiger partial charge in [0.25, 0.3) is 0 Å². The second-order valence-electron chi connectivity index (χ2n) is 7.75. The first-order chi connectivity index (χ1) is 16.2. The summed E-state index contributed by atoms with van der Waals surface area (Å²) < 4.78 is 98.4. The minimum atomic E-state index is -2.55. The van der Waals surface area contributed by atoms with E-state index in [1.165, 1.54) is 31.2 Å². The van der Waals surface area contributed by atoms with Crippen LogP contribution in [0.5, 0.6) is 5.75 Å². The van der Waals surface area contributed by atoms with Crippen LogP contribution in [0.25, 0.3) is 5.57 Å². The Balaban J connectivity index is 1.98. The third-order valence-electron chi connectivity index (χ3n) is 5.69. The molecule has 2 unspecified atom stereocenters. The average molecular weight is 482 g/mol. The zero-order valence-corrected chi connectivity index (χ0v) is 19.0. The molecule has 1 aliphatic rings. The monoisotopic (exact) mass is 482 g/mol. The van der Waals surface area contributed by atoms with Crippen molar-refractivity contribution in [2.45, 2.75) is 45.6 Å². The lowest BCUT2D eigenvalue weighted by Crippen LogP contribution is -2.24. The fraction of sp³-hybridized carbons (Fsp3) is 0.308. The Labute approximate surface area is 194 Å². The Bertz CT molecular complexity index is 1170. The van der Waals surface area contributed by atoms with Gasteiger partial charge in [-0.15, -0.1) is 0 Å². The van der Waals surface area contributed by atoms with Crippen molar-refractivity contribution in [3.05, 3.63) is 93.8 Å². The molecule has 0 aliphatic heterocycles. The molecule has 0 fully saturated rings. The maximum Gasteiger partial charge on any atom is 0.171 e. The number of alkyl halides is 2. The summed E-state index contributed by atoms with van der Waals surface area (Å²) in [6, 6.07) is 5.15. The number of rotatable bonds is 7. The molecular formula is C26H24F6O2. The highest BCUT2D eigenvalue weighted by Gasteiger charge is 2.41. The largest absolute Gasteiger partial charge is 0.494 e. The summed E-state index contributed by atoms with van der Waals surface area (Å²) in [7, 11) is 1.13. The lowest BCUT2D eigenvalue weighted by atomic mass is 9.80. The maximum absolute atomic E-state index is 15.2. The smallest absolute Gasteiger partial charge is 0.171 e. The van der Waals surface area contributed by atoms with Crippen molar-refractivity contribution in [1.82, 2.24) is 0 Å². The molecule has 3 rings (SSSR count). The number of ether oxygens (including phenoxy) is 2. The molecule has 2 aromatic carbocycles. The van der Waals surface area contributed by atoms with E-state index in [1.807, 2.05) is 6.92 Å². The van der Waals surface area contributed by atoms with Crippen molar-refractivity contribution in [3.63, 3.8) is 0 Å². The van der Waals surface area contributed by atoms with Crippen LogP contribution >= 0.6 is 0 Å². The Morgan fingerprint density at radius 1 is 1.00 bits per heavy atom. The van der Waals surface area contributed by atoms with E-state index in [0.29, 0.717) is 12.8 Å². The van der Waals surface area contributed by atoms with Gasteiger partial charge in [-0.25, -0.2) is 26.3 Å². The molecule has 0 bridgehead atoms. The molecule has 182 valence electrons. The van der Waals surface area contributed by atoms with Crippen LogP contribution in [0.4, 0.5) is 26.3 Å². The van der Waals surface area contributed by atoms with E-state index in [1.54, 1.807) is 0 Å². The van der Waals surface area contributed by atoms with Crippen LogP contribution in [0.3, 0.4) is 0 Å². The zero-order valence-electron chi connectivity index (χ0n) is 19.0. The number of fused-ring (bicyclic) bond motifs is 1. The van der Waals surface area contributed by atoms with E-state index in [-0.39, 0.29) is 22.3 Å². The predicted molar refractivity (Wildman–Crippen MR) is 118 cm³/mol. The van der Waals surface area contributed by atoms with Crippen LogP contribution in [0.1, 0.15) is 48.7 Å². The quantitative estimate of drug-likeness (QED) is 0.296. The van der Waals surface area contributed by atoms with Gasteiger partial charge < -0.3 is 9.47 Å². The molecule has 0 aromatic heterocycles. The van der Waals surface area contributed by atoms with E-state index < -0.39 is 64.9 Å². The number of allylic oxidation sites excluding steroid dienone is 4. The number of hydrogen-bond acceptors (Lipinski definition) is 2. The predicted octanol–water partition coefficient (Wildman–Crippen LogP) is 7.78. The van der Waals surface area contributed by atoms with Crippen molar-refractivity contribution in [1.29, 1.82) is 0 Å². The number of hydrogen-bond donors (Lipinski definition) is 0. The summed E-state index contributed by atoms with van der Waals surface area (Å²) in [5.74, 6) is -5.48.